The van der Waals surface area contributed by atoms with Gasteiger partial charge in [0.1, 0.15) is 0 Å². The van der Waals surface area contributed by atoms with Gasteiger partial charge >= 0.3 is 0 Å². The van der Waals surface area contributed by atoms with Crippen molar-refractivity contribution in [2.24, 2.45) is 17.3 Å². The Morgan fingerprint density at radius 2 is 2.00 bits per heavy atom. The van der Waals surface area contributed by atoms with Gasteiger partial charge in [0.15, 0.2) is 0 Å². The fourth-order valence-corrected chi connectivity index (χ4v) is 2.27. The molecule has 0 spiro atoms. The van der Waals surface area contributed by atoms with Gasteiger partial charge in [-0.25, -0.2) is 0 Å². The number of aliphatic hydroxyl groups excluding tert-OH is 1. The van der Waals surface area contributed by atoms with Crippen LogP contribution in [0.15, 0.2) is 0 Å². The van der Waals surface area contributed by atoms with Gasteiger partial charge in [-0.1, -0.05) is 20.8 Å². The van der Waals surface area contributed by atoms with Gasteiger partial charge in [0, 0.05) is 19.1 Å². The van der Waals surface area contributed by atoms with Gasteiger partial charge < -0.3 is 10.4 Å². The summed E-state index contributed by atoms with van der Waals surface area (Å²) in [5.74, 6) is 1.02. The molecule has 1 saturated carbocycles. The minimum absolute atomic E-state index is 0.0859. The molecule has 1 amide bonds. The van der Waals surface area contributed by atoms with Gasteiger partial charge in [-0.2, -0.15) is 0 Å². The first kappa shape index (κ1) is 13.5. The Labute approximate surface area is 98.6 Å². The molecule has 0 radical (unpaired) electrons. The van der Waals surface area contributed by atoms with Crippen molar-refractivity contribution in [1.29, 1.82) is 0 Å². The fraction of sp³-hybridized carbons (Fsp3) is 0.923. The second-order valence-corrected chi connectivity index (χ2v) is 5.22. The van der Waals surface area contributed by atoms with E-state index in [1.165, 1.54) is 0 Å². The molecule has 0 bridgehead atoms. The van der Waals surface area contributed by atoms with Crippen LogP contribution in [0.2, 0.25) is 0 Å². The molecule has 94 valence electrons. The van der Waals surface area contributed by atoms with Crippen LogP contribution in [-0.2, 0) is 4.79 Å². The molecule has 0 aromatic carbocycles. The molecule has 1 aliphatic carbocycles. The molecule has 0 unspecified atom stereocenters. The average Bonchev–Trinajstić information content (AvgIpc) is 3.01. The van der Waals surface area contributed by atoms with E-state index in [4.69, 9.17) is 5.11 Å². The van der Waals surface area contributed by atoms with E-state index >= 15 is 0 Å². The topological polar surface area (TPSA) is 49.3 Å². The maximum absolute atomic E-state index is 11.7. The van der Waals surface area contributed by atoms with E-state index in [1.807, 2.05) is 0 Å². The number of carbonyl (C=O) groups excluding carboxylic acids is 1. The third-order valence-electron chi connectivity index (χ3n) is 4.23. The molecule has 0 saturated heterocycles. The Bertz CT molecular complexity index is 236. The normalized spacial score (nSPS) is 24.2. The summed E-state index contributed by atoms with van der Waals surface area (Å²) < 4.78 is 0. The first-order chi connectivity index (χ1) is 7.58. The number of hydrogen-bond acceptors (Lipinski definition) is 2. The van der Waals surface area contributed by atoms with Crippen LogP contribution in [0.1, 0.15) is 46.5 Å². The Morgan fingerprint density at radius 1 is 1.44 bits per heavy atom. The SMILES string of the molecule is CCC(CC)(CCO)CNC(=O)[C@H]1C[C@H]1C. The summed E-state index contributed by atoms with van der Waals surface area (Å²) in [6.07, 6.45) is 3.83. The van der Waals surface area contributed by atoms with Crippen molar-refractivity contribution >= 4 is 5.91 Å². The van der Waals surface area contributed by atoms with E-state index in [0.717, 1.165) is 25.7 Å². The molecule has 3 nitrogen and oxygen atoms in total. The quantitative estimate of drug-likeness (QED) is 0.698. The lowest BCUT2D eigenvalue weighted by Gasteiger charge is -2.31. The van der Waals surface area contributed by atoms with E-state index in [-0.39, 0.29) is 23.8 Å². The lowest BCUT2D eigenvalue weighted by atomic mass is 9.79. The van der Waals surface area contributed by atoms with Gasteiger partial charge in [-0.15, -0.1) is 0 Å². The predicted molar refractivity (Wildman–Crippen MR) is 65.0 cm³/mol. The van der Waals surface area contributed by atoms with E-state index in [2.05, 4.69) is 26.1 Å². The van der Waals surface area contributed by atoms with E-state index < -0.39 is 0 Å². The maximum Gasteiger partial charge on any atom is 0.223 e. The standard InChI is InChI=1S/C13H25NO2/c1-4-13(5-2,6-7-15)9-14-12(16)11-8-10(11)3/h10-11,15H,4-9H2,1-3H3,(H,14,16)/t10-,11+/m1/s1. The molecule has 2 atom stereocenters. The molecule has 0 aromatic rings. The fourth-order valence-electron chi connectivity index (χ4n) is 2.27. The van der Waals surface area contributed by atoms with Crippen molar-refractivity contribution in [2.45, 2.75) is 46.5 Å². The van der Waals surface area contributed by atoms with Gasteiger partial charge in [0.05, 0.1) is 0 Å². The van der Waals surface area contributed by atoms with Crippen LogP contribution >= 0.6 is 0 Å². The number of aliphatic hydroxyl groups is 1. The molecule has 3 heteroatoms. The van der Waals surface area contributed by atoms with Gasteiger partial charge in [-0.3, -0.25) is 4.79 Å². The van der Waals surface area contributed by atoms with Crippen LogP contribution in [0, 0.1) is 17.3 Å². The van der Waals surface area contributed by atoms with Crippen LogP contribution < -0.4 is 5.32 Å². The van der Waals surface area contributed by atoms with Crippen molar-refractivity contribution in [2.75, 3.05) is 13.2 Å². The molecular formula is C13H25NO2. The average molecular weight is 227 g/mol. The van der Waals surface area contributed by atoms with E-state index in [1.54, 1.807) is 0 Å². The largest absolute Gasteiger partial charge is 0.396 e. The second-order valence-electron chi connectivity index (χ2n) is 5.22. The lowest BCUT2D eigenvalue weighted by molar-refractivity contribution is -0.123. The van der Waals surface area contributed by atoms with Crippen molar-refractivity contribution in [3.05, 3.63) is 0 Å². The van der Waals surface area contributed by atoms with Crippen LogP contribution in [-0.4, -0.2) is 24.2 Å². The molecular weight excluding hydrogens is 202 g/mol. The van der Waals surface area contributed by atoms with Gasteiger partial charge in [0.2, 0.25) is 5.91 Å². The summed E-state index contributed by atoms with van der Waals surface area (Å²) in [6.45, 7) is 7.29. The Hall–Kier alpha value is -0.570. The van der Waals surface area contributed by atoms with Crippen LogP contribution in [0.4, 0.5) is 0 Å². The molecule has 0 aliphatic heterocycles. The summed E-state index contributed by atoms with van der Waals surface area (Å²) in [7, 11) is 0. The highest BCUT2D eigenvalue weighted by Gasteiger charge is 2.39. The van der Waals surface area contributed by atoms with Crippen molar-refractivity contribution < 1.29 is 9.90 Å². The van der Waals surface area contributed by atoms with E-state index in [0.29, 0.717) is 12.5 Å². The number of nitrogens with one attached hydrogen (secondary N) is 1. The number of carbonyl (C=O) groups is 1. The summed E-state index contributed by atoms with van der Waals surface area (Å²) in [5, 5.41) is 12.1. The van der Waals surface area contributed by atoms with Crippen LogP contribution in [0.25, 0.3) is 0 Å². The third kappa shape index (κ3) is 3.21. The van der Waals surface area contributed by atoms with E-state index in [9.17, 15) is 4.79 Å². The summed E-state index contributed by atoms with van der Waals surface area (Å²) >= 11 is 0. The minimum atomic E-state index is 0.0859. The Balaban J connectivity index is 2.39. The number of hydrogen-bond donors (Lipinski definition) is 2. The zero-order valence-electron chi connectivity index (χ0n) is 10.8. The molecule has 1 fully saturated rings. The number of rotatable bonds is 7. The van der Waals surface area contributed by atoms with Crippen molar-refractivity contribution in [3.8, 4) is 0 Å². The Kier molecular flexibility index (Phi) is 4.78. The second kappa shape index (κ2) is 5.67. The van der Waals surface area contributed by atoms with Gasteiger partial charge in [0.25, 0.3) is 0 Å². The Morgan fingerprint density at radius 3 is 2.38 bits per heavy atom. The first-order valence-corrected chi connectivity index (χ1v) is 6.47. The summed E-state index contributed by atoms with van der Waals surface area (Å²) in [4.78, 5) is 11.7. The minimum Gasteiger partial charge on any atom is -0.396 e. The van der Waals surface area contributed by atoms with Crippen LogP contribution in [0.3, 0.4) is 0 Å². The highest BCUT2D eigenvalue weighted by molar-refractivity contribution is 5.81. The zero-order chi connectivity index (χ0) is 12.2. The lowest BCUT2D eigenvalue weighted by Crippen LogP contribution is -2.38. The molecule has 1 aliphatic rings. The van der Waals surface area contributed by atoms with Crippen molar-refractivity contribution in [3.63, 3.8) is 0 Å². The van der Waals surface area contributed by atoms with Crippen molar-refractivity contribution in [1.82, 2.24) is 5.32 Å². The molecule has 0 aromatic heterocycles. The highest BCUT2D eigenvalue weighted by Crippen LogP contribution is 2.38. The first-order valence-electron chi connectivity index (χ1n) is 6.47. The smallest absolute Gasteiger partial charge is 0.223 e. The molecule has 1 rings (SSSR count). The predicted octanol–water partition coefficient (Wildman–Crippen LogP) is 1.95. The maximum atomic E-state index is 11.7. The number of amides is 1. The molecule has 2 N–H and O–H groups in total. The highest BCUT2D eigenvalue weighted by atomic mass is 16.3. The molecule has 0 heterocycles. The van der Waals surface area contributed by atoms with Gasteiger partial charge in [-0.05, 0) is 37.0 Å². The summed E-state index contributed by atoms with van der Waals surface area (Å²) in [5.41, 5.74) is 0.0859. The monoisotopic (exact) mass is 227 g/mol. The molecule has 16 heavy (non-hydrogen) atoms. The van der Waals surface area contributed by atoms with Crippen LogP contribution in [0.5, 0.6) is 0 Å². The summed E-state index contributed by atoms with van der Waals surface area (Å²) in [6, 6.07) is 0. The zero-order valence-corrected chi connectivity index (χ0v) is 10.8. The third-order valence-corrected chi connectivity index (χ3v) is 4.23.